The van der Waals surface area contributed by atoms with Gasteiger partial charge in [0.25, 0.3) is 0 Å². The van der Waals surface area contributed by atoms with Gasteiger partial charge in [-0.1, -0.05) is 23.2 Å². The molecule has 0 atom stereocenters. The van der Waals surface area contributed by atoms with Crippen molar-refractivity contribution in [2.45, 2.75) is 13.3 Å². The molecule has 0 aliphatic rings. The summed E-state index contributed by atoms with van der Waals surface area (Å²) in [5.74, 6) is -1.01. The molecule has 1 aromatic carbocycles. The van der Waals surface area contributed by atoms with Gasteiger partial charge in [0.1, 0.15) is 11.5 Å². The van der Waals surface area contributed by atoms with E-state index in [2.05, 4.69) is 0 Å². The third-order valence-electron chi connectivity index (χ3n) is 1.75. The van der Waals surface area contributed by atoms with Gasteiger partial charge in [-0.2, -0.15) is 0 Å². The van der Waals surface area contributed by atoms with Crippen molar-refractivity contribution in [3.63, 3.8) is 0 Å². The number of benzene rings is 1. The van der Waals surface area contributed by atoms with Gasteiger partial charge in [0.15, 0.2) is 5.78 Å². The quantitative estimate of drug-likeness (QED) is 0.521. The number of rotatable bonds is 3. The minimum absolute atomic E-state index is 0. The molecule has 0 amide bonds. The van der Waals surface area contributed by atoms with Crippen molar-refractivity contribution in [2.75, 3.05) is 0 Å². The Labute approximate surface area is 125 Å². The number of aromatic hydroxyl groups is 1. The van der Waals surface area contributed by atoms with Crippen molar-refractivity contribution in [3.05, 3.63) is 27.7 Å². The molecule has 0 saturated carbocycles. The minimum atomic E-state index is -0.474. The first-order chi connectivity index (χ1) is 6.91. The molecule has 0 saturated heterocycles. The fraction of sp³-hybridized carbons (Fsp3) is 0.200. The number of Topliss-reactive ketones (excluding diaryl/α,β-unsaturated/α-hetero) is 2. The molecule has 1 rings (SSSR count). The first kappa shape index (κ1) is 15.9. The van der Waals surface area contributed by atoms with Crippen LogP contribution in [0.1, 0.15) is 23.7 Å². The van der Waals surface area contributed by atoms with Gasteiger partial charge >= 0.3 is 29.6 Å². The number of carbonyl (C=O) groups excluding carboxylic acids is 2. The zero-order chi connectivity index (χ0) is 11.6. The van der Waals surface area contributed by atoms with Crippen LogP contribution >= 0.6 is 23.2 Å². The second-order valence-corrected chi connectivity index (χ2v) is 3.90. The predicted molar refractivity (Wildman–Crippen MR) is 64.9 cm³/mol. The molecular formula is C10H9Cl2NaO3. The molecule has 0 spiro atoms. The normalized spacial score (nSPS) is 9.44. The molecule has 82 valence electrons. The zero-order valence-corrected chi connectivity index (χ0v) is 9.39. The Bertz CT molecular complexity index is 432. The van der Waals surface area contributed by atoms with Crippen LogP contribution in [-0.4, -0.2) is 46.2 Å². The molecule has 6 heteroatoms. The van der Waals surface area contributed by atoms with E-state index in [0.29, 0.717) is 0 Å². The van der Waals surface area contributed by atoms with Gasteiger partial charge in [0.05, 0.1) is 22.0 Å². The summed E-state index contributed by atoms with van der Waals surface area (Å²) in [5, 5.41) is 9.75. The Balaban J connectivity index is 0.00000225. The summed E-state index contributed by atoms with van der Waals surface area (Å²) in [6, 6.07) is 2.43. The number of halogens is 2. The number of hydrogen-bond donors (Lipinski definition) is 1. The molecular weight excluding hydrogens is 262 g/mol. The van der Waals surface area contributed by atoms with Gasteiger partial charge < -0.3 is 5.11 Å². The van der Waals surface area contributed by atoms with E-state index in [1.165, 1.54) is 19.1 Å². The maximum atomic E-state index is 11.5. The van der Waals surface area contributed by atoms with Crippen LogP contribution < -0.4 is 0 Å². The Morgan fingerprint density at radius 1 is 1.25 bits per heavy atom. The van der Waals surface area contributed by atoms with E-state index < -0.39 is 5.78 Å². The fourth-order valence-electron chi connectivity index (χ4n) is 1.08. The second-order valence-electron chi connectivity index (χ2n) is 3.09. The average molecular weight is 271 g/mol. The predicted octanol–water partition coefficient (Wildman–Crippen LogP) is 2.21. The SMILES string of the molecule is CC(=O)CC(=O)c1cc(Cl)c(Cl)cc1O.[NaH]. The van der Waals surface area contributed by atoms with E-state index >= 15 is 0 Å². The van der Waals surface area contributed by atoms with Crippen LogP contribution in [0.5, 0.6) is 5.75 Å². The van der Waals surface area contributed by atoms with Crippen molar-refractivity contribution in [2.24, 2.45) is 0 Å². The van der Waals surface area contributed by atoms with E-state index in [1.54, 1.807) is 0 Å². The van der Waals surface area contributed by atoms with Crippen LogP contribution in [0.15, 0.2) is 12.1 Å². The summed E-state index contributed by atoms with van der Waals surface area (Å²) in [5.41, 5.74) is 0.0135. The molecule has 0 fully saturated rings. The van der Waals surface area contributed by atoms with Gasteiger partial charge in [-0.15, -0.1) is 0 Å². The van der Waals surface area contributed by atoms with Crippen LogP contribution in [0, 0.1) is 0 Å². The summed E-state index contributed by atoms with van der Waals surface area (Å²) in [4.78, 5) is 22.2. The van der Waals surface area contributed by atoms with Gasteiger partial charge in [-0.25, -0.2) is 0 Å². The Hall–Kier alpha value is -0.0600. The van der Waals surface area contributed by atoms with Crippen molar-refractivity contribution >= 4 is 64.3 Å². The van der Waals surface area contributed by atoms with Crippen LogP contribution in [0.4, 0.5) is 0 Å². The third kappa shape index (κ3) is 4.07. The summed E-state index contributed by atoms with van der Waals surface area (Å²) in [6.45, 7) is 1.30. The molecule has 0 aliphatic heterocycles. The summed E-state index contributed by atoms with van der Waals surface area (Å²) < 4.78 is 0. The van der Waals surface area contributed by atoms with Gasteiger partial charge in [0.2, 0.25) is 0 Å². The third-order valence-corrected chi connectivity index (χ3v) is 2.47. The molecule has 3 nitrogen and oxygen atoms in total. The molecule has 0 aliphatic carbocycles. The first-order valence-corrected chi connectivity index (χ1v) is 4.88. The summed E-state index contributed by atoms with van der Waals surface area (Å²) in [7, 11) is 0. The molecule has 1 aromatic rings. The molecule has 0 radical (unpaired) electrons. The van der Waals surface area contributed by atoms with Crippen LogP contribution in [0.25, 0.3) is 0 Å². The standard InChI is InChI=1S/C10H8Cl2O3.Na.H/c1-5(13)2-9(14)6-3-7(11)8(12)4-10(6)15;;/h3-4,15H,2H2,1H3;;. The number of hydrogen-bond acceptors (Lipinski definition) is 3. The monoisotopic (exact) mass is 270 g/mol. The van der Waals surface area contributed by atoms with Crippen LogP contribution in [-0.2, 0) is 4.79 Å². The molecule has 16 heavy (non-hydrogen) atoms. The summed E-state index contributed by atoms with van der Waals surface area (Å²) >= 11 is 11.3. The van der Waals surface area contributed by atoms with E-state index in [-0.39, 0.29) is 63.1 Å². The van der Waals surface area contributed by atoms with Crippen LogP contribution in [0.2, 0.25) is 10.0 Å². The second kappa shape index (κ2) is 6.62. The number of phenolic OH excluding ortho intramolecular Hbond substituents is 1. The molecule has 0 aromatic heterocycles. The van der Waals surface area contributed by atoms with Gasteiger partial charge in [-0.3, -0.25) is 9.59 Å². The molecule has 0 bridgehead atoms. The van der Waals surface area contributed by atoms with Gasteiger partial charge in [-0.05, 0) is 13.0 Å². The van der Waals surface area contributed by atoms with Crippen LogP contribution in [0.3, 0.4) is 0 Å². The van der Waals surface area contributed by atoms with Crippen molar-refractivity contribution in [1.82, 2.24) is 0 Å². The maximum absolute atomic E-state index is 11.5. The van der Waals surface area contributed by atoms with Crippen molar-refractivity contribution in [1.29, 1.82) is 0 Å². The van der Waals surface area contributed by atoms with E-state index in [0.717, 1.165) is 0 Å². The van der Waals surface area contributed by atoms with Crippen molar-refractivity contribution in [3.8, 4) is 5.75 Å². The number of carbonyl (C=O) groups is 2. The number of phenols is 1. The Morgan fingerprint density at radius 3 is 2.25 bits per heavy atom. The topological polar surface area (TPSA) is 54.4 Å². The fourth-order valence-corrected chi connectivity index (χ4v) is 1.40. The zero-order valence-electron chi connectivity index (χ0n) is 7.88. The first-order valence-electron chi connectivity index (χ1n) is 4.12. The Kier molecular flexibility index (Phi) is 6.60. The summed E-state index contributed by atoms with van der Waals surface area (Å²) in [6.07, 6.45) is -0.258. The molecule has 1 N–H and O–H groups in total. The molecule has 0 heterocycles. The van der Waals surface area contributed by atoms with E-state index in [4.69, 9.17) is 23.2 Å². The van der Waals surface area contributed by atoms with Gasteiger partial charge in [0, 0.05) is 6.07 Å². The van der Waals surface area contributed by atoms with Crippen molar-refractivity contribution < 1.29 is 14.7 Å². The van der Waals surface area contributed by atoms with E-state index in [9.17, 15) is 14.7 Å². The Morgan fingerprint density at radius 2 is 1.75 bits per heavy atom. The van der Waals surface area contributed by atoms with E-state index in [1.807, 2.05) is 0 Å². The average Bonchev–Trinajstić information content (AvgIpc) is 2.09. The molecule has 0 unspecified atom stereocenters. The number of ketones is 2.